The highest BCUT2D eigenvalue weighted by molar-refractivity contribution is 7.53. The molecule has 8 rings (SSSR count). The van der Waals surface area contributed by atoms with E-state index in [1.807, 2.05) is 0 Å². The number of methoxy groups -OCH3 is 1. The predicted octanol–water partition coefficient (Wildman–Crippen LogP) is 5.76. The Morgan fingerprint density at radius 3 is 2.69 bits per heavy atom. The largest absolute Gasteiger partial charge is 0.495 e. The smallest absolute Gasteiger partial charge is 0.421 e. The van der Waals surface area contributed by atoms with E-state index in [-0.39, 0.29) is 42.5 Å². The third kappa shape index (κ3) is 7.41. The van der Waals surface area contributed by atoms with Gasteiger partial charge in [0.15, 0.2) is 5.69 Å². The zero-order chi connectivity index (χ0) is 32.2. The summed E-state index contributed by atoms with van der Waals surface area (Å²) in [6.45, 7) is 2.43. The average molecular weight is 647 g/mol. The van der Waals surface area contributed by atoms with E-state index in [0.29, 0.717) is 41.7 Å². The summed E-state index contributed by atoms with van der Waals surface area (Å²) < 4.78 is 74.1. The minimum Gasteiger partial charge on any atom is -0.495 e. The zero-order valence-corrected chi connectivity index (χ0v) is 25.4. The van der Waals surface area contributed by atoms with Crippen LogP contribution in [0, 0.1) is 0 Å². The van der Waals surface area contributed by atoms with Crippen LogP contribution in [0.5, 0.6) is 5.75 Å². The second-order valence-corrected chi connectivity index (χ2v) is 11.8. The number of pyridine rings is 1. The summed E-state index contributed by atoms with van der Waals surface area (Å²) in [6.07, 6.45) is -0.521. The van der Waals surface area contributed by atoms with Crippen LogP contribution in [-0.2, 0) is 32.5 Å². The summed E-state index contributed by atoms with van der Waals surface area (Å²) in [5.74, 6) is -1.16. The number of nitrogens with one attached hydrogen (secondary N) is 3. The molecule has 1 amide bonds. The first-order valence-corrected chi connectivity index (χ1v) is 15.5. The van der Waals surface area contributed by atoms with Gasteiger partial charge >= 0.3 is 13.8 Å². The number of hydrogen-bond donors (Lipinski definition) is 3. The van der Waals surface area contributed by atoms with Crippen LogP contribution in [0.2, 0.25) is 0 Å². The van der Waals surface area contributed by atoms with E-state index in [9.17, 15) is 22.5 Å². The number of anilines is 4. The molecule has 0 saturated heterocycles. The highest BCUT2D eigenvalue weighted by Gasteiger charge is 2.36. The molecule has 7 heterocycles. The molecule has 45 heavy (non-hydrogen) atoms. The van der Waals surface area contributed by atoms with Crippen molar-refractivity contribution >= 4 is 36.6 Å². The van der Waals surface area contributed by atoms with Gasteiger partial charge in [-0.3, -0.25) is 14.0 Å². The summed E-state index contributed by atoms with van der Waals surface area (Å²) in [4.78, 5) is 25.2. The number of rotatable bonds is 4. The van der Waals surface area contributed by atoms with Gasteiger partial charge in [0.25, 0.3) is 5.91 Å². The summed E-state index contributed by atoms with van der Waals surface area (Å²) in [5.41, 5.74) is 0.503. The number of alkyl halides is 3. The van der Waals surface area contributed by atoms with Crippen LogP contribution in [0.1, 0.15) is 35.0 Å². The Kier molecular flexibility index (Phi) is 9.37. The quantitative estimate of drug-likeness (QED) is 0.232. The topological polar surface area (TPSA) is 154 Å². The number of aromatic nitrogens is 5. The Morgan fingerprint density at radius 2 is 1.96 bits per heavy atom. The molecule has 4 aliphatic heterocycles. The molecule has 17 heteroatoms. The van der Waals surface area contributed by atoms with Crippen molar-refractivity contribution in [2.75, 3.05) is 38.0 Å². The number of carbonyl (C=O) groups excluding carboxylic acids is 1. The summed E-state index contributed by atoms with van der Waals surface area (Å²) >= 11 is 0. The molecular formula is C28H30F3N8O5P. The minimum absolute atomic E-state index is 0.0133. The SMILES string of the molecule is CCOP1(=O)Cc2ccc(c(OC)c2)Nc2ncc(C(F)(F)F)c(n2)Nc2ccc(nc2C(=O)NC)-c2cnn(c2)CCCO1. The molecule has 0 saturated carbocycles. The van der Waals surface area contributed by atoms with Gasteiger partial charge in [-0.15, -0.1) is 0 Å². The van der Waals surface area contributed by atoms with E-state index >= 15 is 0 Å². The number of carbonyl (C=O) groups is 1. The summed E-state index contributed by atoms with van der Waals surface area (Å²) in [5, 5.41) is 12.3. The fourth-order valence-corrected chi connectivity index (χ4v) is 6.24. The number of benzene rings is 1. The molecule has 1 atom stereocenters. The lowest BCUT2D eigenvalue weighted by molar-refractivity contribution is -0.137. The van der Waals surface area contributed by atoms with Gasteiger partial charge in [-0.2, -0.15) is 23.3 Å². The molecule has 4 aromatic rings. The summed E-state index contributed by atoms with van der Waals surface area (Å²) in [6, 6.07) is 7.84. The molecule has 4 aliphatic rings. The molecule has 0 radical (unpaired) electrons. The second kappa shape index (κ2) is 13.2. The maximum Gasteiger partial charge on any atom is 0.421 e. The highest BCUT2D eigenvalue weighted by Crippen LogP contribution is 2.52. The van der Waals surface area contributed by atoms with Gasteiger partial charge in [-0.05, 0) is 43.2 Å². The second-order valence-electron chi connectivity index (χ2n) is 9.78. The van der Waals surface area contributed by atoms with Crippen LogP contribution in [0.4, 0.5) is 36.3 Å². The lowest BCUT2D eigenvalue weighted by atomic mass is 10.1. The van der Waals surface area contributed by atoms with Crippen LogP contribution < -0.4 is 20.7 Å². The fourth-order valence-electron chi connectivity index (χ4n) is 4.54. The lowest BCUT2D eigenvalue weighted by Gasteiger charge is -2.19. The van der Waals surface area contributed by atoms with Gasteiger partial charge in [0.2, 0.25) is 5.95 Å². The van der Waals surface area contributed by atoms with Crippen molar-refractivity contribution < 1.29 is 36.3 Å². The molecule has 3 N–H and O–H groups in total. The van der Waals surface area contributed by atoms with Gasteiger partial charge in [0.1, 0.15) is 17.1 Å². The molecule has 13 nitrogen and oxygen atoms in total. The summed E-state index contributed by atoms with van der Waals surface area (Å²) in [7, 11) is -0.761. The minimum atomic E-state index is -4.82. The average Bonchev–Trinajstić information content (AvgIpc) is 3.48. The Labute approximate surface area is 256 Å². The molecule has 0 fully saturated rings. The van der Waals surface area contributed by atoms with E-state index < -0.39 is 31.1 Å². The van der Waals surface area contributed by atoms with Crippen molar-refractivity contribution in [3.05, 3.63) is 65.7 Å². The van der Waals surface area contributed by atoms with Crippen LogP contribution in [-0.4, -0.2) is 58.0 Å². The third-order valence-electron chi connectivity index (χ3n) is 6.65. The van der Waals surface area contributed by atoms with E-state index in [0.717, 1.165) is 0 Å². The van der Waals surface area contributed by atoms with E-state index in [4.69, 9.17) is 13.8 Å². The maximum absolute atomic E-state index is 14.0. The lowest BCUT2D eigenvalue weighted by Crippen LogP contribution is -2.21. The van der Waals surface area contributed by atoms with Crippen molar-refractivity contribution in [2.45, 2.75) is 32.2 Å². The standard InChI is InChI=1S/C28H30F3N8O5P/c1-4-43-45(41)16-17-6-7-21(23(12-17)42-3)37-27-33-14-19(28(29,30)31)25(38-27)36-22-9-8-20(35-24(22)26(40)32-2)18-13-34-39(15-18)10-5-11-44-45/h6-9,12-15H,4-5,10-11,16H2,1-3H3,(H,32,40)(H2,33,36,37,38). The monoisotopic (exact) mass is 646 g/mol. The maximum atomic E-state index is 14.0. The van der Waals surface area contributed by atoms with Gasteiger partial charge in [-0.1, -0.05) is 6.07 Å². The molecule has 0 spiro atoms. The van der Waals surface area contributed by atoms with Crippen molar-refractivity contribution in [2.24, 2.45) is 0 Å². The number of amides is 1. The van der Waals surface area contributed by atoms with Gasteiger partial charge in [-0.25, -0.2) is 9.97 Å². The first-order valence-electron chi connectivity index (χ1n) is 13.8. The van der Waals surface area contributed by atoms with E-state index in [1.54, 1.807) is 48.3 Å². The van der Waals surface area contributed by atoms with Gasteiger partial charge in [0.05, 0.1) is 49.8 Å². The molecule has 1 aromatic carbocycles. The number of nitrogens with zero attached hydrogens (tertiary/aromatic N) is 5. The Bertz CT molecular complexity index is 1750. The number of halogens is 3. The van der Waals surface area contributed by atoms with Crippen LogP contribution in [0.15, 0.2) is 48.9 Å². The third-order valence-corrected chi connectivity index (χ3v) is 8.63. The Balaban J connectivity index is 1.62. The zero-order valence-electron chi connectivity index (χ0n) is 24.5. The van der Waals surface area contributed by atoms with Crippen molar-refractivity contribution in [1.29, 1.82) is 0 Å². The predicted molar refractivity (Wildman–Crippen MR) is 159 cm³/mol. The number of hydrogen-bond acceptors (Lipinski definition) is 11. The van der Waals surface area contributed by atoms with Crippen molar-refractivity contribution in [3.8, 4) is 17.0 Å². The first-order chi connectivity index (χ1) is 21.5. The number of ether oxygens (including phenoxy) is 1. The van der Waals surface area contributed by atoms with E-state index in [1.165, 1.54) is 20.2 Å². The Hall–Kier alpha value is -4.53. The van der Waals surface area contributed by atoms with Crippen LogP contribution in [0.25, 0.3) is 11.3 Å². The highest BCUT2D eigenvalue weighted by atomic mass is 31.2. The van der Waals surface area contributed by atoms with E-state index in [2.05, 4.69) is 36.0 Å². The van der Waals surface area contributed by atoms with Gasteiger partial charge in [0, 0.05) is 31.5 Å². The Morgan fingerprint density at radius 1 is 1.16 bits per heavy atom. The molecule has 0 aliphatic carbocycles. The van der Waals surface area contributed by atoms with Crippen LogP contribution >= 0.6 is 7.60 Å². The molecule has 238 valence electrons. The normalized spacial score (nSPS) is 17.0. The fraction of sp³-hybridized carbons (Fsp3) is 0.321. The van der Waals surface area contributed by atoms with Crippen molar-refractivity contribution in [3.63, 3.8) is 0 Å². The molecular weight excluding hydrogens is 616 g/mol. The van der Waals surface area contributed by atoms with Gasteiger partial charge < -0.3 is 29.7 Å². The van der Waals surface area contributed by atoms with Crippen LogP contribution in [0.3, 0.4) is 0 Å². The molecule has 8 bridgehead atoms. The first kappa shape index (κ1) is 31.9. The number of aryl methyl sites for hydroxylation is 1. The molecule has 3 aromatic heterocycles. The van der Waals surface area contributed by atoms with Crippen molar-refractivity contribution in [1.82, 2.24) is 30.0 Å². The molecule has 1 unspecified atom stereocenters.